The summed E-state index contributed by atoms with van der Waals surface area (Å²) in [6, 6.07) is 20.4. The van der Waals surface area contributed by atoms with Crippen LogP contribution in [0.3, 0.4) is 0 Å². The van der Waals surface area contributed by atoms with Crippen molar-refractivity contribution >= 4 is 6.29 Å². The standard InChI is InChI=1S/C21H15F3O3/c22-21(23,24)27-20-11-5-10-18(19(20)13-25)16-8-4-9-17(12-16)26-14-15-6-2-1-3-7-15/h1-13H,14H2. The number of carbonyl (C=O) groups is 1. The van der Waals surface area contributed by atoms with E-state index in [0.717, 1.165) is 11.6 Å². The van der Waals surface area contributed by atoms with E-state index in [1.54, 1.807) is 30.3 Å². The summed E-state index contributed by atoms with van der Waals surface area (Å²) in [6.45, 7) is 0.349. The highest BCUT2D eigenvalue weighted by atomic mass is 19.4. The Kier molecular flexibility index (Phi) is 5.45. The SMILES string of the molecule is O=Cc1c(OC(F)(F)F)cccc1-c1cccc(OCc2ccccc2)c1. The molecule has 0 saturated carbocycles. The zero-order valence-electron chi connectivity index (χ0n) is 14.1. The maximum absolute atomic E-state index is 12.6. The molecule has 0 saturated heterocycles. The molecule has 0 heterocycles. The minimum Gasteiger partial charge on any atom is -0.489 e. The van der Waals surface area contributed by atoms with E-state index in [0.29, 0.717) is 29.8 Å². The lowest BCUT2D eigenvalue weighted by Gasteiger charge is -2.14. The molecule has 0 fully saturated rings. The second-order valence-corrected chi connectivity index (χ2v) is 5.69. The van der Waals surface area contributed by atoms with Gasteiger partial charge in [0.05, 0.1) is 5.56 Å². The molecule has 0 atom stereocenters. The van der Waals surface area contributed by atoms with E-state index < -0.39 is 12.1 Å². The van der Waals surface area contributed by atoms with Crippen molar-refractivity contribution in [1.82, 2.24) is 0 Å². The molecule has 0 aliphatic heterocycles. The van der Waals surface area contributed by atoms with Crippen LogP contribution in [0.25, 0.3) is 11.1 Å². The van der Waals surface area contributed by atoms with Gasteiger partial charge in [-0.2, -0.15) is 0 Å². The van der Waals surface area contributed by atoms with Crippen molar-refractivity contribution in [2.24, 2.45) is 0 Å². The number of alkyl halides is 3. The highest BCUT2D eigenvalue weighted by molar-refractivity contribution is 5.91. The smallest absolute Gasteiger partial charge is 0.489 e. The molecule has 0 aromatic heterocycles. The fraction of sp³-hybridized carbons (Fsp3) is 0.0952. The number of ether oxygens (including phenoxy) is 2. The Bertz CT molecular complexity index is 921. The monoisotopic (exact) mass is 372 g/mol. The van der Waals surface area contributed by atoms with Crippen LogP contribution in [0.1, 0.15) is 15.9 Å². The summed E-state index contributed by atoms with van der Waals surface area (Å²) in [5, 5.41) is 0. The van der Waals surface area contributed by atoms with Gasteiger partial charge in [0, 0.05) is 0 Å². The van der Waals surface area contributed by atoms with Crippen LogP contribution in [0.15, 0.2) is 72.8 Å². The molecule has 3 nitrogen and oxygen atoms in total. The second-order valence-electron chi connectivity index (χ2n) is 5.69. The van der Waals surface area contributed by atoms with Gasteiger partial charge in [0.1, 0.15) is 18.1 Å². The minimum atomic E-state index is -4.88. The average Bonchev–Trinajstić information content (AvgIpc) is 2.66. The number of benzene rings is 3. The largest absolute Gasteiger partial charge is 0.573 e. The van der Waals surface area contributed by atoms with E-state index >= 15 is 0 Å². The summed E-state index contributed by atoms with van der Waals surface area (Å²) in [4.78, 5) is 11.4. The van der Waals surface area contributed by atoms with Crippen molar-refractivity contribution in [3.05, 3.63) is 83.9 Å². The van der Waals surface area contributed by atoms with Crippen LogP contribution in [0.2, 0.25) is 0 Å². The molecule has 3 aromatic carbocycles. The predicted octanol–water partition coefficient (Wildman–Crippen LogP) is 5.64. The maximum Gasteiger partial charge on any atom is 0.573 e. The average molecular weight is 372 g/mol. The van der Waals surface area contributed by atoms with Crippen LogP contribution in [0, 0.1) is 0 Å². The van der Waals surface area contributed by atoms with Gasteiger partial charge < -0.3 is 9.47 Å². The highest BCUT2D eigenvalue weighted by Gasteiger charge is 2.32. The highest BCUT2D eigenvalue weighted by Crippen LogP contribution is 2.34. The van der Waals surface area contributed by atoms with Crippen LogP contribution < -0.4 is 9.47 Å². The van der Waals surface area contributed by atoms with E-state index in [1.807, 2.05) is 30.3 Å². The van der Waals surface area contributed by atoms with Gasteiger partial charge in [0.2, 0.25) is 0 Å². The van der Waals surface area contributed by atoms with Gasteiger partial charge in [-0.3, -0.25) is 4.79 Å². The number of hydrogen-bond acceptors (Lipinski definition) is 3. The zero-order chi connectivity index (χ0) is 19.3. The molecule has 0 unspecified atom stereocenters. The van der Waals surface area contributed by atoms with Crippen LogP contribution in [-0.4, -0.2) is 12.6 Å². The predicted molar refractivity (Wildman–Crippen MR) is 94.7 cm³/mol. The summed E-state index contributed by atoms with van der Waals surface area (Å²) in [7, 11) is 0. The van der Waals surface area contributed by atoms with Crippen LogP contribution in [0.5, 0.6) is 11.5 Å². The first-order valence-electron chi connectivity index (χ1n) is 8.07. The lowest BCUT2D eigenvalue weighted by Crippen LogP contribution is -2.18. The lowest BCUT2D eigenvalue weighted by molar-refractivity contribution is -0.274. The quantitative estimate of drug-likeness (QED) is 0.525. The van der Waals surface area contributed by atoms with Crippen molar-refractivity contribution < 1.29 is 27.4 Å². The van der Waals surface area contributed by atoms with Crippen molar-refractivity contribution in [3.8, 4) is 22.6 Å². The number of aldehydes is 1. The topological polar surface area (TPSA) is 35.5 Å². The number of hydrogen-bond donors (Lipinski definition) is 0. The molecule has 0 radical (unpaired) electrons. The van der Waals surface area contributed by atoms with E-state index in [2.05, 4.69) is 4.74 Å². The van der Waals surface area contributed by atoms with Crippen molar-refractivity contribution in [1.29, 1.82) is 0 Å². The molecule has 0 aliphatic carbocycles. The summed E-state index contributed by atoms with van der Waals surface area (Å²) in [6.07, 6.45) is -4.52. The first-order valence-corrected chi connectivity index (χ1v) is 8.07. The lowest BCUT2D eigenvalue weighted by atomic mass is 9.99. The van der Waals surface area contributed by atoms with Gasteiger partial charge in [-0.1, -0.05) is 54.6 Å². The minimum absolute atomic E-state index is 0.171. The molecular formula is C21H15F3O3. The van der Waals surface area contributed by atoms with E-state index in [9.17, 15) is 18.0 Å². The van der Waals surface area contributed by atoms with Crippen molar-refractivity contribution in [2.75, 3.05) is 0 Å². The zero-order valence-corrected chi connectivity index (χ0v) is 14.1. The Morgan fingerprint density at radius 3 is 2.33 bits per heavy atom. The Morgan fingerprint density at radius 1 is 0.889 bits per heavy atom. The first-order chi connectivity index (χ1) is 13.0. The van der Waals surface area contributed by atoms with Crippen LogP contribution in [-0.2, 0) is 6.61 Å². The third-order valence-corrected chi connectivity index (χ3v) is 3.80. The number of carbonyl (C=O) groups excluding carboxylic acids is 1. The number of halogens is 3. The van der Waals surface area contributed by atoms with E-state index in [-0.39, 0.29) is 5.56 Å². The van der Waals surface area contributed by atoms with Crippen molar-refractivity contribution in [2.45, 2.75) is 13.0 Å². The molecule has 0 N–H and O–H groups in total. The molecular weight excluding hydrogens is 357 g/mol. The van der Waals surface area contributed by atoms with Gasteiger partial charge in [-0.05, 0) is 34.9 Å². The number of rotatable bonds is 6. The van der Waals surface area contributed by atoms with Crippen LogP contribution >= 0.6 is 0 Å². The molecule has 27 heavy (non-hydrogen) atoms. The Labute approximate surface area is 154 Å². The van der Waals surface area contributed by atoms with Crippen LogP contribution in [0.4, 0.5) is 13.2 Å². The molecule has 3 rings (SSSR count). The summed E-state index contributed by atoms with van der Waals surface area (Å²) in [5.74, 6) is 0.000881. The molecule has 0 bridgehead atoms. The normalized spacial score (nSPS) is 11.1. The molecule has 0 aliphatic rings. The Balaban J connectivity index is 1.88. The molecule has 138 valence electrons. The first kappa shape index (κ1) is 18.5. The fourth-order valence-corrected chi connectivity index (χ4v) is 2.63. The van der Waals surface area contributed by atoms with Gasteiger partial charge in [0.25, 0.3) is 0 Å². The van der Waals surface area contributed by atoms with Gasteiger partial charge in [-0.25, -0.2) is 0 Å². The maximum atomic E-state index is 12.6. The summed E-state index contributed by atoms with van der Waals surface area (Å²) in [5.41, 5.74) is 1.69. The molecule has 0 amide bonds. The van der Waals surface area contributed by atoms with Gasteiger partial charge >= 0.3 is 6.36 Å². The van der Waals surface area contributed by atoms with E-state index in [1.165, 1.54) is 6.07 Å². The van der Waals surface area contributed by atoms with E-state index in [4.69, 9.17) is 4.74 Å². The van der Waals surface area contributed by atoms with Gasteiger partial charge in [0.15, 0.2) is 6.29 Å². The third kappa shape index (κ3) is 4.88. The summed E-state index contributed by atoms with van der Waals surface area (Å²) < 4.78 is 47.4. The Hall–Kier alpha value is -3.28. The fourth-order valence-electron chi connectivity index (χ4n) is 2.63. The van der Waals surface area contributed by atoms with Crippen molar-refractivity contribution in [3.63, 3.8) is 0 Å². The Morgan fingerprint density at radius 2 is 1.63 bits per heavy atom. The third-order valence-electron chi connectivity index (χ3n) is 3.80. The molecule has 6 heteroatoms. The molecule has 0 spiro atoms. The van der Waals surface area contributed by atoms with Gasteiger partial charge in [-0.15, -0.1) is 13.2 Å². The summed E-state index contributed by atoms with van der Waals surface area (Å²) >= 11 is 0. The molecule has 3 aromatic rings. The second kappa shape index (κ2) is 7.95.